The fraction of sp³-hybridized carbons (Fsp3) is 0.333. The summed E-state index contributed by atoms with van der Waals surface area (Å²) in [5.41, 5.74) is 1.03. The number of rotatable bonds is 5. The second-order valence-electron chi connectivity index (χ2n) is 4.55. The van der Waals surface area contributed by atoms with Crippen LogP contribution in [0.25, 0.3) is 0 Å². The number of methoxy groups -OCH3 is 1. The molecule has 0 N–H and O–H groups in total. The van der Waals surface area contributed by atoms with Crippen molar-refractivity contribution < 1.29 is 4.74 Å². The average Bonchev–Trinajstić information content (AvgIpc) is 2.48. The van der Waals surface area contributed by atoms with Crippen molar-refractivity contribution in [2.45, 2.75) is 20.0 Å². The van der Waals surface area contributed by atoms with Gasteiger partial charge in [0.1, 0.15) is 5.75 Å². The molecule has 0 aliphatic heterocycles. The van der Waals surface area contributed by atoms with E-state index in [4.69, 9.17) is 4.74 Å². The van der Waals surface area contributed by atoms with Gasteiger partial charge in [0.05, 0.1) is 7.11 Å². The van der Waals surface area contributed by atoms with Crippen molar-refractivity contribution in [3.8, 4) is 5.75 Å². The minimum Gasteiger partial charge on any atom is -0.497 e. The van der Waals surface area contributed by atoms with Gasteiger partial charge in [-0.1, -0.05) is 12.1 Å². The first-order valence-corrected chi connectivity index (χ1v) is 6.55. The maximum Gasteiger partial charge on any atom is 0.293 e. The SMILES string of the molecule is CCn1ccnc(N(C)Cc2ccc(OC)cc2)c1=O. The second kappa shape index (κ2) is 6.23. The van der Waals surface area contributed by atoms with Gasteiger partial charge in [0, 0.05) is 32.5 Å². The quantitative estimate of drug-likeness (QED) is 0.835. The average molecular weight is 273 g/mol. The molecule has 0 radical (unpaired) electrons. The fourth-order valence-electron chi connectivity index (χ4n) is 2.03. The molecule has 5 nitrogen and oxygen atoms in total. The Bertz CT molecular complexity index is 620. The third kappa shape index (κ3) is 2.99. The highest BCUT2D eigenvalue weighted by Crippen LogP contribution is 2.14. The zero-order valence-corrected chi connectivity index (χ0v) is 12.0. The van der Waals surface area contributed by atoms with Crippen molar-refractivity contribution in [1.29, 1.82) is 0 Å². The maximum atomic E-state index is 12.2. The summed E-state index contributed by atoms with van der Waals surface area (Å²) in [5, 5.41) is 0. The van der Waals surface area contributed by atoms with Crippen molar-refractivity contribution in [3.63, 3.8) is 0 Å². The fourth-order valence-corrected chi connectivity index (χ4v) is 2.03. The van der Waals surface area contributed by atoms with E-state index in [1.54, 1.807) is 24.1 Å². The molecule has 5 heteroatoms. The van der Waals surface area contributed by atoms with Gasteiger partial charge in [0.25, 0.3) is 5.56 Å². The van der Waals surface area contributed by atoms with Crippen LogP contribution in [0.4, 0.5) is 5.82 Å². The molecular weight excluding hydrogens is 254 g/mol. The van der Waals surface area contributed by atoms with Crippen LogP contribution in [0.3, 0.4) is 0 Å². The van der Waals surface area contributed by atoms with Crippen LogP contribution in [0.1, 0.15) is 12.5 Å². The summed E-state index contributed by atoms with van der Waals surface area (Å²) in [6.45, 7) is 3.21. The minimum atomic E-state index is -0.0639. The zero-order valence-electron chi connectivity index (χ0n) is 12.0. The van der Waals surface area contributed by atoms with E-state index in [2.05, 4.69) is 4.98 Å². The summed E-state index contributed by atoms with van der Waals surface area (Å²) in [6.07, 6.45) is 3.36. The van der Waals surface area contributed by atoms with E-state index in [1.807, 2.05) is 43.1 Å². The molecule has 1 aromatic heterocycles. The van der Waals surface area contributed by atoms with Crippen molar-refractivity contribution >= 4 is 5.82 Å². The molecule has 0 saturated heterocycles. The maximum absolute atomic E-state index is 12.2. The first kappa shape index (κ1) is 14.1. The van der Waals surface area contributed by atoms with Gasteiger partial charge in [-0.25, -0.2) is 4.98 Å². The Hall–Kier alpha value is -2.30. The summed E-state index contributed by atoms with van der Waals surface area (Å²) in [5.74, 6) is 1.28. The zero-order chi connectivity index (χ0) is 14.5. The van der Waals surface area contributed by atoms with E-state index in [0.717, 1.165) is 11.3 Å². The highest BCUT2D eigenvalue weighted by molar-refractivity contribution is 5.37. The van der Waals surface area contributed by atoms with Gasteiger partial charge in [0.2, 0.25) is 0 Å². The number of benzene rings is 1. The molecule has 20 heavy (non-hydrogen) atoms. The van der Waals surface area contributed by atoms with E-state index in [0.29, 0.717) is 18.9 Å². The molecule has 0 unspecified atom stereocenters. The molecule has 0 aliphatic carbocycles. The lowest BCUT2D eigenvalue weighted by Crippen LogP contribution is -2.29. The number of anilines is 1. The van der Waals surface area contributed by atoms with Gasteiger partial charge in [-0.2, -0.15) is 0 Å². The molecule has 0 spiro atoms. The molecule has 2 rings (SSSR count). The van der Waals surface area contributed by atoms with E-state index >= 15 is 0 Å². The molecule has 106 valence electrons. The van der Waals surface area contributed by atoms with Gasteiger partial charge in [-0.05, 0) is 24.6 Å². The summed E-state index contributed by atoms with van der Waals surface area (Å²) in [7, 11) is 3.51. The number of hydrogen-bond acceptors (Lipinski definition) is 4. The number of hydrogen-bond donors (Lipinski definition) is 0. The normalized spacial score (nSPS) is 10.3. The number of nitrogens with zero attached hydrogens (tertiary/aromatic N) is 3. The van der Waals surface area contributed by atoms with Crippen LogP contribution in [0.5, 0.6) is 5.75 Å². The third-order valence-corrected chi connectivity index (χ3v) is 3.18. The summed E-state index contributed by atoms with van der Waals surface area (Å²) >= 11 is 0. The van der Waals surface area contributed by atoms with E-state index < -0.39 is 0 Å². The highest BCUT2D eigenvalue weighted by atomic mass is 16.5. The largest absolute Gasteiger partial charge is 0.497 e. The Morgan fingerprint density at radius 2 is 2.00 bits per heavy atom. The van der Waals surface area contributed by atoms with Gasteiger partial charge in [-0.3, -0.25) is 4.79 Å². The van der Waals surface area contributed by atoms with Gasteiger partial charge < -0.3 is 14.2 Å². The van der Waals surface area contributed by atoms with Crippen molar-refractivity contribution in [3.05, 3.63) is 52.6 Å². The second-order valence-corrected chi connectivity index (χ2v) is 4.55. The van der Waals surface area contributed by atoms with Crippen LogP contribution in [0.2, 0.25) is 0 Å². The molecule has 2 aromatic rings. The van der Waals surface area contributed by atoms with Gasteiger partial charge >= 0.3 is 0 Å². The molecule has 0 amide bonds. The van der Waals surface area contributed by atoms with Crippen LogP contribution in [-0.4, -0.2) is 23.7 Å². The van der Waals surface area contributed by atoms with Crippen LogP contribution in [0.15, 0.2) is 41.5 Å². The molecule has 0 bridgehead atoms. The predicted octanol–water partition coefficient (Wildman–Crippen LogP) is 1.91. The minimum absolute atomic E-state index is 0.0639. The van der Waals surface area contributed by atoms with Crippen LogP contribution in [-0.2, 0) is 13.1 Å². The van der Waals surface area contributed by atoms with E-state index in [9.17, 15) is 4.79 Å². The molecule has 1 aromatic carbocycles. The Kier molecular flexibility index (Phi) is 4.40. The molecule has 0 fully saturated rings. The molecular formula is C15H19N3O2. The molecule has 0 saturated carbocycles. The first-order valence-electron chi connectivity index (χ1n) is 6.55. The van der Waals surface area contributed by atoms with Gasteiger partial charge in [-0.15, -0.1) is 0 Å². The lowest BCUT2D eigenvalue weighted by Gasteiger charge is -2.18. The molecule has 0 aliphatic rings. The summed E-state index contributed by atoms with van der Waals surface area (Å²) in [4.78, 5) is 18.2. The smallest absolute Gasteiger partial charge is 0.293 e. The Labute approximate surface area is 118 Å². The van der Waals surface area contributed by atoms with Crippen LogP contribution < -0.4 is 15.2 Å². The standard InChI is InChI=1S/C15H19N3O2/c1-4-18-10-9-16-14(15(18)19)17(2)11-12-5-7-13(20-3)8-6-12/h5-10H,4,11H2,1-3H3. The monoisotopic (exact) mass is 273 g/mol. The molecule has 1 heterocycles. The molecule has 0 atom stereocenters. The van der Waals surface area contributed by atoms with Gasteiger partial charge in [0.15, 0.2) is 5.82 Å². The topological polar surface area (TPSA) is 47.4 Å². The third-order valence-electron chi connectivity index (χ3n) is 3.18. The summed E-state index contributed by atoms with van der Waals surface area (Å²) in [6, 6.07) is 7.78. The van der Waals surface area contributed by atoms with Crippen molar-refractivity contribution in [2.75, 3.05) is 19.1 Å². The lowest BCUT2D eigenvalue weighted by molar-refractivity contribution is 0.414. The first-order chi connectivity index (χ1) is 9.65. The summed E-state index contributed by atoms with van der Waals surface area (Å²) < 4.78 is 6.77. The van der Waals surface area contributed by atoms with Crippen LogP contribution in [0, 0.1) is 0 Å². The highest BCUT2D eigenvalue weighted by Gasteiger charge is 2.09. The van der Waals surface area contributed by atoms with E-state index in [1.165, 1.54) is 0 Å². The van der Waals surface area contributed by atoms with E-state index in [-0.39, 0.29) is 5.56 Å². The van der Waals surface area contributed by atoms with Crippen molar-refractivity contribution in [1.82, 2.24) is 9.55 Å². The lowest BCUT2D eigenvalue weighted by atomic mass is 10.2. The Balaban J connectivity index is 2.19. The Morgan fingerprint density at radius 1 is 1.30 bits per heavy atom. The van der Waals surface area contributed by atoms with Crippen molar-refractivity contribution in [2.24, 2.45) is 0 Å². The number of aromatic nitrogens is 2. The number of aryl methyl sites for hydroxylation is 1. The van der Waals surface area contributed by atoms with Crippen LogP contribution >= 0.6 is 0 Å². The predicted molar refractivity (Wildman–Crippen MR) is 79.3 cm³/mol. The Morgan fingerprint density at radius 3 is 2.60 bits per heavy atom. The number of ether oxygens (including phenoxy) is 1.